The van der Waals surface area contributed by atoms with Gasteiger partial charge in [0.2, 0.25) is 0 Å². The number of anilines is 1. The highest BCUT2D eigenvalue weighted by Crippen LogP contribution is 2.44. The maximum absolute atomic E-state index is 12.1. The van der Waals surface area contributed by atoms with Gasteiger partial charge in [0.25, 0.3) is 0 Å². The van der Waals surface area contributed by atoms with Crippen molar-refractivity contribution >= 4 is 44.0 Å². The van der Waals surface area contributed by atoms with E-state index in [0.29, 0.717) is 0 Å². The number of ether oxygens (including phenoxy) is 1. The molecule has 142 valence electrons. The number of nitrogens with two attached hydrogens (primary N) is 1. The predicted molar refractivity (Wildman–Crippen MR) is 113 cm³/mol. The molecule has 0 aliphatic heterocycles. The molecule has 1 unspecified atom stereocenters. The summed E-state index contributed by atoms with van der Waals surface area (Å²) in [4.78, 5) is 18.1. The fraction of sp³-hybridized carbons (Fsp3) is 0.400. The highest BCUT2D eigenvalue weighted by atomic mass is 32.1. The van der Waals surface area contributed by atoms with Crippen LogP contribution in [0.5, 0.6) is 0 Å². The lowest BCUT2D eigenvalue weighted by molar-refractivity contribution is 0.0500. The zero-order valence-electron chi connectivity index (χ0n) is 15.7. The van der Waals surface area contributed by atoms with Crippen molar-refractivity contribution in [3.8, 4) is 10.6 Å². The number of para-hydroxylation sites is 1. The number of fused-ring (bicyclic) bond motifs is 2. The molecule has 7 heteroatoms. The number of nitrogens with one attached hydrogen (secondary N) is 1. The van der Waals surface area contributed by atoms with E-state index in [4.69, 9.17) is 15.5 Å². The van der Waals surface area contributed by atoms with Gasteiger partial charge in [-0.25, -0.2) is 9.78 Å². The third-order valence-electron chi connectivity index (χ3n) is 4.52. The van der Waals surface area contributed by atoms with Gasteiger partial charge in [-0.1, -0.05) is 12.1 Å². The van der Waals surface area contributed by atoms with E-state index in [2.05, 4.69) is 11.4 Å². The zero-order valence-corrected chi connectivity index (χ0v) is 17.3. The quantitative estimate of drug-likeness (QED) is 0.634. The lowest BCUT2D eigenvalue weighted by Gasteiger charge is -2.26. The minimum Gasteiger partial charge on any atom is -0.444 e. The molecule has 27 heavy (non-hydrogen) atoms. The van der Waals surface area contributed by atoms with E-state index in [0.717, 1.165) is 40.4 Å². The molecule has 1 aliphatic rings. The zero-order chi connectivity index (χ0) is 19.2. The van der Waals surface area contributed by atoms with Gasteiger partial charge in [0.15, 0.2) is 0 Å². The summed E-state index contributed by atoms with van der Waals surface area (Å²) in [5.41, 5.74) is 9.28. The molecule has 0 spiro atoms. The molecule has 0 saturated carbocycles. The van der Waals surface area contributed by atoms with Crippen LogP contribution >= 0.6 is 22.7 Å². The van der Waals surface area contributed by atoms with Crippen LogP contribution in [-0.2, 0) is 17.6 Å². The Hall–Kier alpha value is -2.12. The molecular formula is C20H23N3O2S2. The normalized spacial score (nSPS) is 16.9. The molecule has 1 amide bonds. The van der Waals surface area contributed by atoms with Crippen LogP contribution in [0, 0.1) is 0 Å². The van der Waals surface area contributed by atoms with E-state index in [1.165, 1.54) is 15.1 Å². The molecule has 4 rings (SSSR count). The van der Waals surface area contributed by atoms with Crippen molar-refractivity contribution in [2.24, 2.45) is 0 Å². The van der Waals surface area contributed by atoms with Gasteiger partial charge >= 0.3 is 6.09 Å². The van der Waals surface area contributed by atoms with Crippen LogP contribution in [0.25, 0.3) is 20.8 Å². The van der Waals surface area contributed by atoms with Crippen molar-refractivity contribution in [1.82, 2.24) is 10.3 Å². The average molecular weight is 402 g/mol. The minimum atomic E-state index is -0.489. The fourth-order valence-corrected chi connectivity index (χ4v) is 5.73. The first-order chi connectivity index (χ1) is 12.8. The molecule has 0 saturated heterocycles. The maximum Gasteiger partial charge on any atom is 0.407 e. The SMILES string of the molecule is CC(C)(C)OC(=O)NC1CCc2c(sc(N)c2-c2nc3ccccc3s2)C1. The van der Waals surface area contributed by atoms with E-state index < -0.39 is 5.60 Å². The standard InChI is InChI=1S/C20H23N3O2S2/c1-20(2,3)25-19(24)22-11-8-9-12-15(10-11)26-17(21)16(12)18-23-13-6-4-5-7-14(13)27-18/h4-7,11H,8-10,21H2,1-3H3,(H,22,24). The van der Waals surface area contributed by atoms with Gasteiger partial charge in [-0.3, -0.25) is 0 Å². The van der Waals surface area contributed by atoms with Gasteiger partial charge in [-0.15, -0.1) is 22.7 Å². The minimum absolute atomic E-state index is 0.0774. The number of rotatable bonds is 2. The Kier molecular flexibility index (Phi) is 4.60. The van der Waals surface area contributed by atoms with E-state index in [9.17, 15) is 4.79 Å². The highest BCUT2D eigenvalue weighted by Gasteiger charge is 2.28. The summed E-state index contributed by atoms with van der Waals surface area (Å²) in [6.07, 6.45) is 2.19. The number of benzene rings is 1. The molecule has 5 nitrogen and oxygen atoms in total. The van der Waals surface area contributed by atoms with Crippen LogP contribution in [0.15, 0.2) is 24.3 Å². The highest BCUT2D eigenvalue weighted by molar-refractivity contribution is 7.22. The fourth-order valence-electron chi connectivity index (χ4n) is 3.42. The summed E-state index contributed by atoms with van der Waals surface area (Å²) in [6.45, 7) is 5.61. The molecule has 3 N–H and O–H groups in total. The molecule has 1 atom stereocenters. The summed E-state index contributed by atoms with van der Waals surface area (Å²) in [7, 11) is 0. The molecule has 1 aromatic carbocycles. The first-order valence-electron chi connectivity index (χ1n) is 9.05. The summed E-state index contributed by atoms with van der Waals surface area (Å²) in [5, 5.41) is 4.81. The van der Waals surface area contributed by atoms with Gasteiger partial charge in [-0.05, 0) is 51.3 Å². The number of thiophene rings is 1. The van der Waals surface area contributed by atoms with Crippen molar-refractivity contribution in [2.45, 2.75) is 51.7 Å². The van der Waals surface area contributed by atoms with Crippen molar-refractivity contribution in [3.63, 3.8) is 0 Å². The van der Waals surface area contributed by atoms with E-state index >= 15 is 0 Å². The first kappa shape index (κ1) is 18.3. The van der Waals surface area contributed by atoms with Crippen molar-refractivity contribution in [3.05, 3.63) is 34.7 Å². The van der Waals surface area contributed by atoms with E-state index in [-0.39, 0.29) is 12.1 Å². The number of carbonyl (C=O) groups is 1. The summed E-state index contributed by atoms with van der Waals surface area (Å²) < 4.78 is 6.55. The Labute approximate surface area is 166 Å². The van der Waals surface area contributed by atoms with Gasteiger partial charge in [0, 0.05) is 22.9 Å². The molecule has 3 aromatic rings. The largest absolute Gasteiger partial charge is 0.444 e. The van der Waals surface area contributed by atoms with Crippen molar-refractivity contribution in [1.29, 1.82) is 0 Å². The van der Waals surface area contributed by atoms with E-state index in [1.807, 2.05) is 39.0 Å². The van der Waals surface area contributed by atoms with Crippen LogP contribution in [0.3, 0.4) is 0 Å². The molecule has 0 radical (unpaired) electrons. The number of nitrogens with zero attached hydrogens (tertiary/aromatic N) is 1. The summed E-state index contributed by atoms with van der Waals surface area (Å²) in [6, 6.07) is 8.24. The van der Waals surface area contributed by atoms with Gasteiger partial charge in [0.1, 0.15) is 10.6 Å². The third kappa shape index (κ3) is 3.80. The predicted octanol–water partition coefficient (Wildman–Crippen LogP) is 4.99. The lowest BCUT2D eigenvalue weighted by Crippen LogP contribution is -2.41. The van der Waals surface area contributed by atoms with Gasteiger partial charge < -0.3 is 15.8 Å². The Balaban J connectivity index is 1.56. The Morgan fingerprint density at radius 2 is 2.07 bits per heavy atom. The van der Waals surface area contributed by atoms with Crippen LogP contribution in [0.4, 0.5) is 9.80 Å². The van der Waals surface area contributed by atoms with Crippen LogP contribution in [-0.4, -0.2) is 22.7 Å². The number of aromatic nitrogens is 1. The number of hydrogen-bond acceptors (Lipinski definition) is 6. The number of hydrogen-bond donors (Lipinski definition) is 2. The number of carbonyl (C=O) groups excluding carboxylic acids is 1. The first-order valence-corrected chi connectivity index (χ1v) is 10.7. The molecule has 2 aromatic heterocycles. The molecule has 0 bridgehead atoms. The van der Waals surface area contributed by atoms with Crippen molar-refractivity contribution < 1.29 is 9.53 Å². The van der Waals surface area contributed by atoms with Crippen LogP contribution in [0.1, 0.15) is 37.6 Å². The van der Waals surface area contributed by atoms with Crippen LogP contribution < -0.4 is 11.1 Å². The van der Waals surface area contributed by atoms with E-state index in [1.54, 1.807) is 22.7 Å². The number of nitrogen functional groups attached to an aromatic ring is 1. The van der Waals surface area contributed by atoms with Gasteiger partial charge in [0.05, 0.1) is 15.2 Å². The second-order valence-electron chi connectivity index (χ2n) is 7.82. The molecular weight excluding hydrogens is 378 g/mol. The Morgan fingerprint density at radius 1 is 1.30 bits per heavy atom. The van der Waals surface area contributed by atoms with Crippen molar-refractivity contribution in [2.75, 3.05) is 5.73 Å². The van der Waals surface area contributed by atoms with Crippen LogP contribution in [0.2, 0.25) is 0 Å². The topological polar surface area (TPSA) is 77.2 Å². The smallest absolute Gasteiger partial charge is 0.407 e. The Bertz CT molecular complexity index is 967. The summed E-state index contributed by atoms with van der Waals surface area (Å²) >= 11 is 3.30. The number of alkyl carbamates (subject to hydrolysis) is 1. The molecule has 0 fully saturated rings. The average Bonchev–Trinajstić information content (AvgIpc) is 3.11. The second-order valence-corrected chi connectivity index (χ2v) is 9.98. The second kappa shape index (κ2) is 6.80. The summed E-state index contributed by atoms with van der Waals surface area (Å²) in [5.74, 6) is 0. The number of amides is 1. The molecule has 2 heterocycles. The van der Waals surface area contributed by atoms with Gasteiger partial charge in [-0.2, -0.15) is 0 Å². The Morgan fingerprint density at radius 3 is 2.81 bits per heavy atom. The monoisotopic (exact) mass is 401 g/mol. The molecule has 1 aliphatic carbocycles. The maximum atomic E-state index is 12.1. The lowest BCUT2D eigenvalue weighted by atomic mass is 9.92. The third-order valence-corrected chi connectivity index (χ3v) is 6.66. The number of thiazole rings is 1.